The highest BCUT2D eigenvalue weighted by molar-refractivity contribution is 5.91. The van der Waals surface area contributed by atoms with Gasteiger partial charge in [0.1, 0.15) is 11.6 Å². The van der Waals surface area contributed by atoms with Crippen LogP contribution in [0.3, 0.4) is 0 Å². The number of likely N-dealkylation sites (tertiary alicyclic amines) is 1. The average molecular weight is 332 g/mol. The molecule has 0 bridgehead atoms. The lowest BCUT2D eigenvalue weighted by atomic mass is 9.97. The van der Waals surface area contributed by atoms with Crippen molar-refractivity contribution in [2.75, 3.05) is 11.9 Å². The van der Waals surface area contributed by atoms with Crippen LogP contribution < -0.4 is 10.1 Å². The van der Waals surface area contributed by atoms with Crippen LogP contribution in [-0.4, -0.2) is 40.8 Å². The van der Waals surface area contributed by atoms with E-state index < -0.39 is 30.1 Å². The van der Waals surface area contributed by atoms with Crippen molar-refractivity contribution in [2.45, 2.75) is 44.9 Å². The second-order valence-electron chi connectivity index (χ2n) is 5.95. The van der Waals surface area contributed by atoms with Gasteiger partial charge in [-0.3, -0.25) is 0 Å². The molecule has 0 radical (unpaired) electrons. The number of carbonyl (C=O) groups is 1. The molecule has 128 valence electrons. The van der Waals surface area contributed by atoms with E-state index in [0.717, 1.165) is 18.2 Å². The molecular weight excluding hydrogens is 313 g/mol. The van der Waals surface area contributed by atoms with E-state index >= 15 is 0 Å². The minimum atomic E-state index is -3.09. The number of amides is 2. The van der Waals surface area contributed by atoms with Gasteiger partial charge in [-0.05, 0) is 38.8 Å². The zero-order chi connectivity index (χ0) is 17.2. The summed E-state index contributed by atoms with van der Waals surface area (Å²) >= 11 is 0. The normalized spacial score (nSPS) is 18.4. The average Bonchev–Trinajstić information content (AvgIpc) is 2.90. The minimum absolute atomic E-state index is 0.184. The van der Waals surface area contributed by atoms with Crippen LogP contribution in [-0.2, 0) is 0 Å². The number of carbonyl (C=O) groups excluding carboxylic acids is 1. The predicted octanol–water partition coefficient (Wildman–Crippen LogP) is 3.19. The van der Waals surface area contributed by atoms with Crippen LogP contribution in [0, 0.1) is 5.82 Å². The lowest BCUT2D eigenvalue weighted by Crippen LogP contribution is -2.49. The van der Waals surface area contributed by atoms with Crippen molar-refractivity contribution in [3.05, 3.63) is 24.0 Å². The van der Waals surface area contributed by atoms with E-state index in [2.05, 4.69) is 10.1 Å². The van der Waals surface area contributed by atoms with Gasteiger partial charge in [-0.1, -0.05) is 0 Å². The van der Waals surface area contributed by atoms with Crippen molar-refractivity contribution in [2.24, 2.45) is 0 Å². The number of nitrogens with one attached hydrogen (secondary N) is 1. The fraction of sp³-hybridized carbons (Fsp3) is 0.533. The molecule has 2 rings (SSSR count). The molecule has 1 heterocycles. The molecule has 5 nitrogen and oxygen atoms in total. The van der Waals surface area contributed by atoms with Crippen LogP contribution in [0.1, 0.15) is 26.7 Å². The summed E-state index contributed by atoms with van der Waals surface area (Å²) in [6, 6.07) is 1.89. The van der Waals surface area contributed by atoms with Gasteiger partial charge in [-0.2, -0.15) is 8.78 Å². The van der Waals surface area contributed by atoms with E-state index in [1.54, 1.807) is 13.8 Å². The lowest BCUT2D eigenvalue weighted by Gasteiger charge is -2.33. The van der Waals surface area contributed by atoms with Crippen LogP contribution in [0.15, 0.2) is 18.2 Å². The van der Waals surface area contributed by atoms with Crippen LogP contribution in [0.5, 0.6) is 5.75 Å². The van der Waals surface area contributed by atoms with Crippen LogP contribution >= 0.6 is 0 Å². The van der Waals surface area contributed by atoms with Crippen LogP contribution in [0.2, 0.25) is 0 Å². The molecule has 1 saturated heterocycles. The molecule has 1 aromatic rings. The number of urea groups is 1. The van der Waals surface area contributed by atoms with Gasteiger partial charge in [0.05, 0.1) is 17.3 Å². The van der Waals surface area contributed by atoms with Gasteiger partial charge in [-0.15, -0.1) is 0 Å². The second-order valence-corrected chi connectivity index (χ2v) is 5.95. The monoisotopic (exact) mass is 332 g/mol. The second kappa shape index (κ2) is 6.66. The summed E-state index contributed by atoms with van der Waals surface area (Å²) in [4.78, 5) is 13.8. The SMILES string of the molecule is CC(C)(O)[C@H]1CCCN1C(=O)Nc1cc(F)ccc1OC(F)F. The Morgan fingerprint density at radius 1 is 1.48 bits per heavy atom. The fourth-order valence-electron chi connectivity index (χ4n) is 2.73. The van der Waals surface area contributed by atoms with E-state index in [0.29, 0.717) is 19.4 Å². The minimum Gasteiger partial charge on any atom is -0.433 e. The van der Waals surface area contributed by atoms with E-state index in [1.165, 1.54) is 4.90 Å². The summed E-state index contributed by atoms with van der Waals surface area (Å²) in [5, 5.41) is 12.5. The van der Waals surface area contributed by atoms with Gasteiger partial charge < -0.3 is 20.1 Å². The quantitative estimate of drug-likeness (QED) is 0.890. The topological polar surface area (TPSA) is 61.8 Å². The molecule has 0 saturated carbocycles. The molecule has 1 aliphatic rings. The molecule has 0 unspecified atom stereocenters. The third kappa shape index (κ3) is 4.28. The summed E-state index contributed by atoms with van der Waals surface area (Å²) in [5.41, 5.74) is -1.28. The fourth-order valence-corrected chi connectivity index (χ4v) is 2.73. The first-order valence-corrected chi connectivity index (χ1v) is 7.23. The van der Waals surface area contributed by atoms with Crippen LogP contribution in [0.25, 0.3) is 0 Å². The molecule has 1 atom stereocenters. The summed E-state index contributed by atoms with van der Waals surface area (Å²) in [6.07, 6.45) is 1.34. The largest absolute Gasteiger partial charge is 0.433 e. The molecule has 2 amide bonds. The zero-order valence-corrected chi connectivity index (χ0v) is 12.9. The molecule has 0 aromatic heterocycles. The number of aliphatic hydroxyl groups is 1. The molecule has 23 heavy (non-hydrogen) atoms. The number of ether oxygens (including phenoxy) is 1. The first-order valence-electron chi connectivity index (χ1n) is 7.23. The summed E-state index contributed by atoms with van der Waals surface area (Å²) in [5.74, 6) is -1.02. The predicted molar refractivity (Wildman–Crippen MR) is 78.1 cm³/mol. The molecule has 1 fully saturated rings. The Morgan fingerprint density at radius 3 is 2.78 bits per heavy atom. The molecular formula is C15H19F3N2O3. The van der Waals surface area contributed by atoms with Crippen molar-refractivity contribution in [3.8, 4) is 5.75 Å². The van der Waals surface area contributed by atoms with Crippen molar-refractivity contribution in [1.29, 1.82) is 0 Å². The number of hydrogen-bond acceptors (Lipinski definition) is 3. The maximum atomic E-state index is 13.3. The molecule has 0 aliphatic carbocycles. The smallest absolute Gasteiger partial charge is 0.387 e. The van der Waals surface area contributed by atoms with Gasteiger partial charge in [-0.25, -0.2) is 9.18 Å². The van der Waals surface area contributed by atoms with Gasteiger partial charge >= 0.3 is 12.6 Å². The number of anilines is 1. The van der Waals surface area contributed by atoms with E-state index in [1.807, 2.05) is 0 Å². The standard InChI is InChI=1S/C15H19F3N2O3/c1-15(2,22)12-4-3-7-20(12)14(21)19-10-8-9(16)5-6-11(10)23-13(17)18/h5-6,8,12-13,22H,3-4,7H2,1-2H3,(H,19,21)/t12-/m1/s1. The lowest BCUT2D eigenvalue weighted by molar-refractivity contribution is -0.0494. The molecule has 0 spiro atoms. The molecule has 1 aromatic carbocycles. The van der Waals surface area contributed by atoms with Gasteiger partial charge in [0.15, 0.2) is 0 Å². The molecule has 2 N–H and O–H groups in total. The van der Waals surface area contributed by atoms with Gasteiger partial charge in [0.25, 0.3) is 0 Å². The van der Waals surface area contributed by atoms with Gasteiger partial charge in [0, 0.05) is 12.6 Å². The maximum absolute atomic E-state index is 13.3. The Bertz CT molecular complexity index is 576. The van der Waals surface area contributed by atoms with Crippen LogP contribution in [0.4, 0.5) is 23.7 Å². The number of rotatable bonds is 4. The first-order chi connectivity index (χ1) is 10.7. The highest BCUT2D eigenvalue weighted by Crippen LogP contribution is 2.30. The number of hydrogen-bond donors (Lipinski definition) is 2. The first kappa shape index (κ1) is 17.4. The van der Waals surface area contributed by atoms with Crippen molar-refractivity contribution >= 4 is 11.7 Å². The third-order valence-electron chi connectivity index (χ3n) is 3.73. The Balaban J connectivity index is 2.18. The Kier molecular flexibility index (Phi) is 5.03. The maximum Gasteiger partial charge on any atom is 0.387 e. The molecule has 8 heteroatoms. The highest BCUT2D eigenvalue weighted by Gasteiger charge is 2.38. The van der Waals surface area contributed by atoms with E-state index in [-0.39, 0.29) is 11.4 Å². The Hall–Kier alpha value is -1.96. The number of alkyl halides is 2. The van der Waals surface area contributed by atoms with E-state index in [4.69, 9.17) is 0 Å². The number of benzene rings is 1. The summed E-state index contributed by atoms with van der Waals surface area (Å²) < 4.78 is 42.4. The Morgan fingerprint density at radius 2 is 2.17 bits per heavy atom. The van der Waals surface area contributed by atoms with Crippen molar-refractivity contribution in [3.63, 3.8) is 0 Å². The van der Waals surface area contributed by atoms with Gasteiger partial charge in [0.2, 0.25) is 0 Å². The van der Waals surface area contributed by atoms with E-state index in [9.17, 15) is 23.1 Å². The summed E-state index contributed by atoms with van der Waals surface area (Å²) in [7, 11) is 0. The number of nitrogens with zero attached hydrogens (tertiary/aromatic N) is 1. The highest BCUT2D eigenvalue weighted by atomic mass is 19.3. The van der Waals surface area contributed by atoms with Crippen molar-refractivity contribution in [1.82, 2.24) is 4.90 Å². The van der Waals surface area contributed by atoms with Crippen molar-refractivity contribution < 1.29 is 27.8 Å². The third-order valence-corrected chi connectivity index (χ3v) is 3.73. The number of halogens is 3. The molecule has 1 aliphatic heterocycles. The zero-order valence-electron chi connectivity index (χ0n) is 12.9. The Labute approximate surface area is 132 Å². The summed E-state index contributed by atoms with van der Waals surface area (Å²) in [6.45, 7) is 0.515.